The number of likely N-dealkylation sites (tertiary alicyclic amines) is 1. The highest BCUT2D eigenvalue weighted by Crippen LogP contribution is 2.30. The van der Waals surface area contributed by atoms with Gasteiger partial charge in [0.05, 0.1) is 12.0 Å². The minimum atomic E-state index is -0.600. The molecule has 4 heteroatoms. The van der Waals surface area contributed by atoms with Crippen molar-refractivity contribution in [3.05, 3.63) is 0 Å². The molecular weight excluding hydrogens is 214 g/mol. The third kappa shape index (κ3) is 3.99. The maximum Gasteiger partial charge on any atom is 0.222 e. The molecule has 0 aromatic carbocycles. The molecule has 0 aromatic heterocycles. The van der Waals surface area contributed by atoms with Gasteiger partial charge in [-0.1, -0.05) is 13.8 Å². The highest BCUT2D eigenvalue weighted by molar-refractivity contribution is 6.18. The minimum Gasteiger partial charge on any atom is -0.390 e. The predicted molar refractivity (Wildman–Crippen MR) is 60.9 cm³/mol. The molecule has 1 aliphatic heterocycles. The van der Waals surface area contributed by atoms with Crippen LogP contribution >= 0.6 is 11.6 Å². The quantitative estimate of drug-likeness (QED) is 0.753. The Labute approximate surface area is 96.4 Å². The maximum atomic E-state index is 11.7. The zero-order valence-electron chi connectivity index (χ0n) is 9.50. The Balaban J connectivity index is 2.54. The van der Waals surface area contributed by atoms with Crippen molar-refractivity contribution in [2.75, 3.05) is 19.0 Å². The standard InChI is InChI=1S/C11H20ClNO2/c1-11(2)4-3-10(15)13(6-5-11)8-9(14)7-12/h9,14H,3-8H2,1-2H3. The fourth-order valence-electron chi connectivity index (χ4n) is 1.79. The molecule has 1 heterocycles. The Kier molecular flexibility index (Phi) is 4.41. The molecule has 3 nitrogen and oxygen atoms in total. The van der Waals surface area contributed by atoms with Gasteiger partial charge in [0, 0.05) is 19.5 Å². The van der Waals surface area contributed by atoms with Crippen LogP contribution in [0.25, 0.3) is 0 Å². The molecule has 1 unspecified atom stereocenters. The summed E-state index contributed by atoms with van der Waals surface area (Å²) in [6, 6.07) is 0. The number of hydrogen-bond acceptors (Lipinski definition) is 2. The molecule has 1 N–H and O–H groups in total. The first kappa shape index (κ1) is 12.8. The molecule has 15 heavy (non-hydrogen) atoms. The van der Waals surface area contributed by atoms with Crippen molar-refractivity contribution in [2.24, 2.45) is 5.41 Å². The van der Waals surface area contributed by atoms with E-state index in [0.717, 1.165) is 19.4 Å². The van der Waals surface area contributed by atoms with E-state index in [1.54, 1.807) is 4.90 Å². The van der Waals surface area contributed by atoms with Gasteiger partial charge in [-0.25, -0.2) is 0 Å². The number of aliphatic hydroxyl groups excluding tert-OH is 1. The first-order chi connectivity index (χ1) is 6.94. The van der Waals surface area contributed by atoms with E-state index in [4.69, 9.17) is 11.6 Å². The molecule has 0 spiro atoms. The number of amides is 1. The molecule has 1 amide bonds. The smallest absolute Gasteiger partial charge is 0.222 e. The molecule has 0 aliphatic carbocycles. The summed E-state index contributed by atoms with van der Waals surface area (Å²) in [6.45, 7) is 5.47. The molecule has 0 radical (unpaired) electrons. The van der Waals surface area contributed by atoms with E-state index in [9.17, 15) is 9.90 Å². The Hall–Kier alpha value is -0.280. The zero-order chi connectivity index (χ0) is 11.5. The lowest BCUT2D eigenvalue weighted by molar-refractivity contribution is -0.131. The number of halogens is 1. The van der Waals surface area contributed by atoms with Crippen LogP contribution in [0.2, 0.25) is 0 Å². The summed E-state index contributed by atoms with van der Waals surface area (Å²) in [5.74, 6) is 0.331. The van der Waals surface area contributed by atoms with Crippen LogP contribution in [0.3, 0.4) is 0 Å². The van der Waals surface area contributed by atoms with Gasteiger partial charge in [0.15, 0.2) is 0 Å². The van der Waals surface area contributed by atoms with E-state index in [2.05, 4.69) is 13.8 Å². The number of β-amino-alcohol motifs (C(OH)–C–C–N with tert-alkyl or cyclic N) is 1. The van der Waals surface area contributed by atoms with Crippen molar-refractivity contribution in [3.8, 4) is 0 Å². The van der Waals surface area contributed by atoms with Crippen molar-refractivity contribution >= 4 is 17.5 Å². The molecule has 1 aliphatic rings. The number of rotatable bonds is 3. The Morgan fingerprint density at radius 2 is 2.20 bits per heavy atom. The van der Waals surface area contributed by atoms with Crippen molar-refractivity contribution in [1.82, 2.24) is 4.90 Å². The van der Waals surface area contributed by atoms with Gasteiger partial charge >= 0.3 is 0 Å². The lowest BCUT2D eigenvalue weighted by atomic mass is 9.85. The number of carbonyl (C=O) groups is 1. The van der Waals surface area contributed by atoms with Gasteiger partial charge in [0.2, 0.25) is 5.91 Å². The van der Waals surface area contributed by atoms with Crippen molar-refractivity contribution in [3.63, 3.8) is 0 Å². The SMILES string of the molecule is CC1(C)CCC(=O)N(CC(O)CCl)CC1. The molecule has 0 bridgehead atoms. The van der Waals surface area contributed by atoms with Gasteiger partial charge in [-0.2, -0.15) is 0 Å². The zero-order valence-corrected chi connectivity index (χ0v) is 10.3. The summed E-state index contributed by atoms with van der Waals surface area (Å²) in [5.41, 5.74) is 0.232. The van der Waals surface area contributed by atoms with Crippen LogP contribution in [-0.4, -0.2) is 41.0 Å². The summed E-state index contributed by atoms with van der Waals surface area (Å²) in [4.78, 5) is 13.5. The molecule has 1 atom stereocenters. The van der Waals surface area contributed by atoms with E-state index in [1.165, 1.54) is 0 Å². The summed E-state index contributed by atoms with van der Waals surface area (Å²) in [5, 5.41) is 9.42. The number of alkyl halides is 1. The number of nitrogens with zero attached hydrogens (tertiary/aromatic N) is 1. The van der Waals surface area contributed by atoms with Gasteiger partial charge in [0.1, 0.15) is 0 Å². The monoisotopic (exact) mass is 233 g/mol. The van der Waals surface area contributed by atoms with Crippen molar-refractivity contribution in [1.29, 1.82) is 0 Å². The minimum absolute atomic E-state index is 0.143. The summed E-state index contributed by atoms with van der Waals surface area (Å²) in [6.07, 6.45) is 1.91. The molecule has 0 saturated carbocycles. The average molecular weight is 234 g/mol. The molecule has 0 aromatic rings. The van der Waals surface area contributed by atoms with Crippen LogP contribution in [0.1, 0.15) is 33.1 Å². The van der Waals surface area contributed by atoms with Crippen LogP contribution in [0.4, 0.5) is 0 Å². The van der Waals surface area contributed by atoms with Crippen molar-refractivity contribution in [2.45, 2.75) is 39.2 Å². The fraction of sp³-hybridized carbons (Fsp3) is 0.909. The second kappa shape index (κ2) is 5.17. The topological polar surface area (TPSA) is 40.5 Å². The van der Waals surface area contributed by atoms with Crippen molar-refractivity contribution < 1.29 is 9.90 Å². The number of aliphatic hydroxyl groups is 1. The van der Waals surface area contributed by atoms with E-state index in [-0.39, 0.29) is 17.2 Å². The lowest BCUT2D eigenvalue weighted by Crippen LogP contribution is -2.37. The summed E-state index contributed by atoms with van der Waals surface area (Å²) < 4.78 is 0. The predicted octanol–water partition coefficient (Wildman–Crippen LogP) is 1.62. The van der Waals surface area contributed by atoms with Crippen LogP contribution in [-0.2, 0) is 4.79 Å². The Morgan fingerprint density at radius 3 is 2.80 bits per heavy atom. The number of hydrogen-bond donors (Lipinski definition) is 1. The second-order valence-electron chi connectivity index (χ2n) is 5.06. The average Bonchev–Trinajstić information content (AvgIpc) is 2.31. The summed E-state index contributed by atoms with van der Waals surface area (Å²) >= 11 is 5.53. The molecule has 1 saturated heterocycles. The largest absolute Gasteiger partial charge is 0.390 e. The maximum absolute atomic E-state index is 11.7. The van der Waals surface area contributed by atoms with Crippen LogP contribution in [0.15, 0.2) is 0 Å². The molecule has 88 valence electrons. The highest BCUT2D eigenvalue weighted by Gasteiger charge is 2.27. The van der Waals surface area contributed by atoms with E-state index in [0.29, 0.717) is 13.0 Å². The summed E-state index contributed by atoms with van der Waals surface area (Å²) in [7, 11) is 0. The first-order valence-electron chi connectivity index (χ1n) is 5.46. The van der Waals surface area contributed by atoms with Gasteiger partial charge < -0.3 is 10.0 Å². The molecule has 1 fully saturated rings. The van der Waals surface area contributed by atoms with Gasteiger partial charge in [-0.15, -0.1) is 11.6 Å². The highest BCUT2D eigenvalue weighted by atomic mass is 35.5. The van der Waals surface area contributed by atoms with Gasteiger partial charge in [0.25, 0.3) is 0 Å². The molecule has 1 rings (SSSR count). The normalized spacial score (nSPS) is 23.7. The number of carbonyl (C=O) groups excluding carboxylic acids is 1. The van der Waals surface area contributed by atoms with Crippen LogP contribution in [0, 0.1) is 5.41 Å². The van der Waals surface area contributed by atoms with Gasteiger partial charge in [-0.05, 0) is 18.3 Å². The molecular formula is C11H20ClNO2. The van der Waals surface area contributed by atoms with E-state index in [1.807, 2.05) is 0 Å². The Morgan fingerprint density at radius 1 is 1.53 bits per heavy atom. The van der Waals surface area contributed by atoms with Crippen LogP contribution < -0.4 is 0 Å². The second-order valence-corrected chi connectivity index (χ2v) is 5.37. The van der Waals surface area contributed by atoms with Crippen LogP contribution in [0.5, 0.6) is 0 Å². The fourth-order valence-corrected chi connectivity index (χ4v) is 1.88. The van der Waals surface area contributed by atoms with E-state index >= 15 is 0 Å². The van der Waals surface area contributed by atoms with Gasteiger partial charge in [-0.3, -0.25) is 4.79 Å². The third-order valence-electron chi connectivity index (χ3n) is 3.04. The third-order valence-corrected chi connectivity index (χ3v) is 3.39. The van der Waals surface area contributed by atoms with E-state index < -0.39 is 6.10 Å². The lowest BCUT2D eigenvalue weighted by Gasteiger charge is -2.24. The first-order valence-corrected chi connectivity index (χ1v) is 6.00. The Bertz CT molecular complexity index is 231.